The lowest BCUT2D eigenvalue weighted by Gasteiger charge is -2.15. The predicted molar refractivity (Wildman–Crippen MR) is 111 cm³/mol. The fourth-order valence-corrected chi connectivity index (χ4v) is 3.33. The van der Waals surface area contributed by atoms with Crippen LogP contribution in [-0.4, -0.2) is 22.0 Å². The number of aryl methyl sites for hydroxylation is 1. The van der Waals surface area contributed by atoms with Crippen molar-refractivity contribution in [1.82, 2.24) is 15.8 Å². The zero-order valence-corrected chi connectivity index (χ0v) is 16.0. The first kappa shape index (κ1) is 18.1. The van der Waals surface area contributed by atoms with Crippen molar-refractivity contribution < 1.29 is 4.79 Å². The van der Waals surface area contributed by atoms with Gasteiger partial charge in [-0.15, -0.1) is 0 Å². The number of rotatable bonds is 4. The van der Waals surface area contributed by atoms with Gasteiger partial charge in [0.05, 0.1) is 10.2 Å². The fraction of sp³-hybridized carbons (Fsp3) is 0.167. The summed E-state index contributed by atoms with van der Waals surface area (Å²) in [4.78, 5) is 16.7. The molecule has 4 N–H and O–H groups in total. The summed E-state index contributed by atoms with van der Waals surface area (Å²) in [5, 5.41) is 7.13. The van der Waals surface area contributed by atoms with Crippen molar-refractivity contribution in [3.05, 3.63) is 54.1 Å². The monoisotopic (exact) mass is 385 g/mol. The molecule has 0 aliphatic rings. The smallest absolute Gasteiger partial charge is 0.260 e. The number of fused-ring (bicyclic) bond motifs is 1. The van der Waals surface area contributed by atoms with Crippen molar-refractivity contribution in [3.8, 4) is 0 Å². The van der Waals surface area contributed by atoms with E-state index >= 15 is 0 Å². The zero-order valence-electron chi connectivity index (χ0n) is 14.4. The van der Waals surface area contributed by atoms with Crippen LogP contribution in [0.15, 0.2) is 48.5 Å². The Bertz CT molecular complexity index is 890. The van der Waals surface area contributed by atoms with Gasteiger partial charge in [0.25, 0.3) is 5.91 Å². The van der Waals surface area contributed by atoms with E-state index < -0.39 is 6.04 Å². The topological polar surface area (TPSA) is 78.1 Å². The molecular weight excluding hydrogens is 366 g/mol. The molecule has 0 radical (unpaired) electrons. The molecule has 0 aliphatic heterocycles. The molecule has 0 bridgehead atoms. The number of nitrogens with one attached hydrogen (secondary N) is 4. The number of nitrogens with zero attached hydrogens (tertiary/aromatic N) is 1. The van der Waals surface area contributed by atoms with Gasteiger partial charge in [0.1, 0.15) is 6.04 Å². The van der Waals surface area contributed by atoms with Crippen LogP contribution in [0.1, 0.15) is 12.5 Å². The quantitative estimate of drug-likeness (QED) is 0.407. The van der Waals surface area contributed by atoms with E-state index in [2.05, 4.69) is 26.5 Å². The average Bonchev–Trinajstić information content (AvgIpc) is 3.03. The summed E-state index contributed by atoms with van der Waals surface area (Å²) in [6.45, 7) is 3.78. The summed E-state index contributed by atoms with van der Waals surface area (Å²) in [7, 11) is 0. The summed E-state index contributed by atoms with van der Waals surface area (Å²) < 4.78 is 1.07. The van der Waals surface area contributed by atoms with Crippen LogP contribution < -0.4 is 21.5 Å². The third-order valence-electron chi connectivity index (χ3n) is 3.64. The van der Waals surface area contributed by atoms with E-state index in [1.807, 2.05) is 55.5 Å². The number of amides is 1. The standard InChI is InChI=1S/C18H19N5OS2/c1-11-7-9-13(10-8-11)20-17(25)23-22-16(24)12(2)19-18-21-14-5-3-4-6-15(14)26-18/h3-10,12H,1-2H3,(H,19,21)(H,22,24)(H2,20,23,25)/t12-/m0/s1. The third kappa shape index (κ3) is 4.68. The number of anilines is 2. The molecule has 0 fully saturated rings. The Kier molecular flexibility index (Phi) is 5.65. The molecule has 26 heavy (non-hydrogen) atoms. The second-order valence-electron chi connectivity index (χ2n) is 5.79. The van der Waals surface area contributed by atoms with Crippen molar-refractivity contribution in [3.63, 3.8) is 0 Å². The van der Waals surface area contributed by atoms with Crippen LogP contribution in [0, 0.1) is 6.92 Å². The highest BCUT2D eigenvalue weighted by atomic mass is 32.1. The maximum absolute atomic E-state index is 12.2. The fourth-order valence-electron chi connectivity index (χ4n) is 2.21. The third-order valence-corrected chi connectivity index (χ3v) is 4.81. The molecule has 6 nitrogen and oxygen atoms in total. The number of carbonyl (C=O) groups excluding carboxylic acids is 1. The van der Waals surface area contributed by atoms with Crippen LogP contribution in [0.5, 0.6) is 0 Å². The molecule has 0 saturated carbocycles. The van der Waals surface area contributed by atoms with Crippen LogP contribution >= 0.6 is 23.6 Å². The molecule has 1 amide bonds. The van der Waals surface area contributed by atoms with Crippen molar-refractivity contribution in [2.45, 2.75) is 19.9 Å². The Morgan fingerprint density at radius 3 is 2.58 bits per heavy atom. The normalized spacial score (nSPS) is 11.6. The van der Waals surface area contributed by atoms with E-state index in [1.165, 1.54) is 11.3 Å². The highest BCUT2D eigenvalue weighted by Gasteiger charge is 2.14. The van der Waals surface area contributed by atoms with Gasteiger partial charge in [0.15, 0.2) is 10.2 Å². The highest BCUT2D eigenvalue weighted by molar-refractivity contribution is 7.80. The van der Waals surface area contributed by atoms with E-state index in [1.54, 1.807) is 6.92 Å². The van der Waals surface area contributed by atoms with Gasteiger partial charge in [0, 0.05) is 5.69 Å². The number of aromatic nitrogens is 1. The van der Waals surface area contributed by atoms with Gasteiger partial charge < -0.3 is 10.6 Å². The van der Waals surface area contributed by atoms with Crippen molar-refractivity contribution in [1.29, 1.82) is 0 Å². The number of carbonyl (C=O) groups is 1. The van der Waals surface area contributed by atoms with Crippen molar-refractivity contribution >= 4 is 55.6 Å². The Balaban J connectivity index is 1.49. The summed E-state index contributed by atoms with van der Waals surface area (Å²) in [5.74, 6) is -0.239. The largest absolute Gasteiger partial charge is 0.350 e. The van der Waals surface area contributed by atoms with Crippen LogP contribution in [0.25, 0.3) is 10.2 Å². The number of benzene rings is 2. The van der Waals surface area contributed by atoms with Gasteiger partial charge in [-0.2, -0.15) is 0 Å². The molecule has 1 atom stereocenters. The molecule has 0 aliphatic carbocycles. The lowest BCUT2D eigenvalue weighted by atomic mass is 10.2. The first-order valence-electron chi connectivity index (χ1n) is 8.07. The highest BCUT2D eigenvalue weighted by Crippen LogP contribution is 2.25. The second kappa shape index (κ2) is 8.11. The minimum atomic E-state index is -0.467. The number of thiazole rings is 1. The van der Waals surface area contributed by atoms with Gasteiger partial charge >= 0.3 is 0 Å². The first-order chi connectivity index (χ1) is 12.5. The van der Waals surface area contributed by atoms with Crippen LogP contribution in [0.2, 0.25) is 0 Å². The summed E-state index contributed by atoms with van der Waals surface area (Å²) in [6, 6.07) is 15.2. The molecule has 0 saturated heterocycles. The SMILES string of the molecule is Cc1ccc(NC(=S)NNC(=O)[C@H](C)Nc2nc3ccccc3s2)cc1. The van der Waals surface area contributed by atoms with E-state index in [0.717, 1.165) is 21.5 Å². The zero-order chi connectivity index (χ0) is 18.5. The molecule has 0 unspecified atom stereocenters. The van der Waals surface area contributed by atoms with E-state index in [9.17, 15) is 4.79 Å². The van der Waals surface area contributed by atoms with Crippen molar-refractivity contribution in [2.75, 3.05) is 10.6 Å². The number of hydrogen-bond acceptors (Lipinski definition) is 5. The molecule has 8 heteroatoms. The van der Waals surface area contributed by atoms with Gasteiger partial charge in [-0.3, -0.25) is 15.6 Å². The minimum Gasteiger partial charge on any atom is -0.350 e. The van der Waals surface area contributed by atoms with E-state index in [4.69, 9.17) is 12.2 Å². The number of thiocarbonyl (C=S) groups is 1. The maximum atomic E-state index is 12.2. The number of hydrazine groups is 1. The van der Waals surface area contributed by atoms with E-state index in [-0.39, 0.29) is 5.91 Å². The lowest BCUT2D eigenvalue weighted by Crippen LogP contribution is -2.49. The van der Waals surface area contributed by atoms with Crippen molar-refractivity contribution in [2.24, 2.45) is 0 Å². The summed E-state index contributed by atoms with van der Waals surface area (Å²) >= 11 is 6.69. The second-order valence-corrected chi connectivity index (χ2v) is 7.23. The molecule has 0 spiro atoms. The van der Waals surface area contributed by atoms with Crippen LogP contribution in [-0.2, 0) is 4.79 Å². The Labute approximate surface area is 161 Å². The summed E-state index contributed by atoms with van der Waals surface area (Å²) in [6.07, 6.45) is 0. The molecule has 3 aromatic rings. The van der Waals surface area contributed by atoms with Gasteiger partial charge in [-0.1, -0.05) is 41.2 Å². The van der Waals surface area contributed by atoms with Gasteiger partial charge in [-0.25, -0.2) is 4.98 Å². The lowest BCUT2D eigenvalue weighted by molar-refractivity contribution is -0.122. The Hall–Kier alpha value is -2.71. The van der Waals surface area contributed by atoms with Gasteiger partial charge in [0.2, 0.25) is 0 Å². The van der Waals surface area contributed by atoms with Crippen LogP contribution in [0.4, 0.5) is 10.8 Å². The van der Waals surface area contributed by atoms with E-state index in [0.29, 0.717) is 10.2 Å². The Morgan fingerprint density at radius 2 is 1.85 bits per heavy atom. The molecule has 134 valence electrons. The number of hydrogen-bond donors (Lipinski definition) is 4. The Morgan fingerprint density at radius 1 is 1.12 bits per heavy atom. The molecule has 1 heterocycles. The van der Waals surface area contributed by atoms with Gasteiger partial charge in [-0.05, 0) is 50.3 Å². The predicted octanol–water partition coefficient (Wildman–Crippen LogP) is 3.42. The average molecular weight is 386 g/mol. The minimum absolute atomic E-state index is 0.239. The van der Waals surface area contributed by atoms with Crippen LogP contribution in [0.3, 0.4) is 0 Å². The number of para-hydroxylation sites is 1. The summed E-state index contributed by atoms with van der Waals surface area (Å²) in [5.41, 5.74) is 8.22. The molecular formula is C18H19N5OS2. The molecule has 1 aromatic heterocycles. The maximum Gasteiger partial charge on any atom is 0.260 e. The molecule has 3 rings (SSSR count). The molecule has 2 aromatic carbocycles. The first-order valence-corrected chi connectivity index (χ1v) is 9.29.